The Labute approximate surface area is 227 Å². The highest BCUT2D eigenvalue weighted by molar-refractivity contribution is 6.04. The molecule has 39 heavy (non-hydrogen) atoms. The van der Waals surface area contributed by atoms with Gasteiger partial charge in [-0.25, -0.2) is 4.98 Å². The maximum Gasteiger partial charge on any atom is 0.261 e. The first-order valence-corrected chi connectivity index (χ1v) is 13.6. The molecule has 6 rings (SSSR count). The number of benzene rings is 1. The van der Waals surface area contributed by atoms with E-state index in [1.807, 2.05) is 44.3 Å². The summed E-state index contributed by atoms with van der Waals surface area (Å²) in [5.41, 5.74) is 3.51. The molecule has 3 aliphatic rings. The van der Waals surface area contributed by atoms with Crippen molar-refractivity contribution in [3.8, 4) is 0 Å². The summed E-state index contributed by atoms with van der Waals surface area (Å²) in [5, 5.41) is 3.54. The summed E-state index contributed by atoms with van der Waals surface area (Å²) in [6.45, 7) is 8.12. The lowest BCUT2D eigenvalue weighted by Gasteiger charge is -2.34. The van der Waals surface area contributed by atoms with Crippen LogP contribution >= 0.6 is 0 Å². The first kappa shape index (κ1) is 25.9. The van der Waals surface area contributed by atoms with E-state index in [1.54, 1.807) is 11.7 Å². The Bertz CT molecular complexity index is 1460. The monoisotopic (exact) mass is 533 g/mol. The Morgan fingerprint density at radius 2 is 2.08 bits per heavy atom. The molecule has 5 heterocycles. The van der Waals surface area contributed by atoms with Gasteiger partial charge >= 0.3 is 0 Å². The van der Waals surface area contributed by atoms with Crippen molar-refractivity contribution in [3.63, 3.8) is 0 Å². The molecule has 0 bridgehead atoms. The van der Waals surface area contributed by atoms with Crippen molar-refractivity contribution in [2.24, 2.45) is 0 Å². The van der Waals surface area contributed by atoms with Gasteiger partial charge in [-0.05, 0) is 56.5 Å². The number of rotatable bonds is 7. The van der Waals surface area contributed by atoms with Crippen LogP contribution in [0.15, 0.2) is 35.3 Å². The van der Waals surface area contributed by atoms with Crippen LogP contribution in [0.1, 0.15) is 43.3 Å². The number of hydrogen-bond donors (Lipinski definition) is 1. The third-order valence-corrected chi connectivity index (χ3v) is 8.10. The second kappa shape index (κ2) is 10.3. The number of carbonyl (C=O) groups is 1. The van der Waals surface area contributed by atoms with E-state index in [2.05, 4.69) is 15.2 Å². The van der Waals surface area contributed by atoms with E-state index >= 15 is 0 Å². The van der Waals surface area contributed by atoms with Gasteiger partial charge in [0.2, 0.25) is 5.91 Å². The lowest BCUT2D eigenvalue weighted by Crippen LogP contribution is -2.44. The molecule has 2 aromatic heterocycles. The topological polar surface area (TPSA) is 108 Å². The molecule has 1 amide bonds. The number of fused-ring (bicyclic) bond motifs is 2. The van der Waals surface area contributed by atoms with Gasteiger partial charge in [0.05, 0.1) is 53.6 Å². The normalized spacial score (nSPS) is 22.3. The fourth-order valence-electron chi connectivity index (χ4n) is 5.79. The molecule has 2 atom stereocenters. The van der Waals surface area contributed by atoms with Crippen LogP contribution in [0.2, 0.25) is 0 Å². The van der Waals surface area contributed by atoms with E-state index < -0.39 is 5.41 Å². The first-order chi connectivity index (χ1) is 18.8. The highest BCUT2D eigenvalue weighted by Crippen LogP contribution is 2.36. The van der Waals surface area contributed by atoms with Crippen LogP contribution in [0.3, 0.4) is 0 Å². The average Bonchev–Trinajstić information content (AvgIpc) is 3.54. The van der Waals surface area contributed by atoms with Crippen LogP contribution in [0, 0.1) is 0 Å². The lowest BCUT2D eigenvalue weighted by molar-refractivity contribution is -0.119. The van der Waals surface area contributed by atoms with Crippen LogP contribution in [0.4, 0.5) is 11.4 Å². The minimum absolute atomic E-state index is 0.0136. The molecule has 3 aromatic rings. The maximum absolute atomic E-state index is 13.8. The molecular weight excluding hydrogens is 498 g/mol. The van der Waals surface area contributed by atoms with Crippen LogP contribution in [-0.2, 0) is 37.4 Å². The van der Waals surface area contributed by atoms with Crippen LogP contribution in [0.25, 0.3) is 10.9 Å². The molecule has 1 N–H and O–H groups in total. The van der Waals surface area contributed by atoms with Gasteiger partial charge in [-0.15, -0.1) is 0 Å². The van der Waals surface area contributed by atoms with Gasteiger partial charge in [-0.2, -0.15) is 0 Å². The van der Waals surface area contributed by atoms with E-state index in [0.29, 0.717) is 50.3 Å². The largest absolute Gasteiger partial charge is 0.382 e. The Balaban J connectivity index is 1.31. The number of methoxy groups -OCH3 is 1. The van der Waals surface area contributed by atoms with E-state index in [-0.39, 0.29) is 23.5 Å². The van der Waals surface area contributed by atoms with E-state index in [1.165, 1.54) is 0 Å². The zero-order valence-corrected chi connectivity index (χ0v) is 22.7. The summed E-state index contributed by atoms with van der Waals surface area (Å²) in [6, 6.07) is 7.88. The summed E-state index contributed by atoms with van der Waals surface area (Å²) in [5.74, 6) is 0.787. The standard InChI is InChI=1S/C29H35N5O5/c1-29(2)25-24(32-28(29)36)12-18(14-30-25)6-8-34-26(19-7-10-38-16-19)31-23-13-20(4-5-22(23)27(34)35)33-9-11-39-21(15-33)17-37-3/h4-5,12-14,19,21H,6-11,15-17H2,1-3H3,(H,32,36)/t19-,21+/m0/s1. The van der Waals surface area contributed by atoms with Crippen LogP contribution in [0.5, 0.6) is 0 Å². The summed E-state index contributed by atoms with van der Waals surface area (Å²) < 4.78 is 18.6. The van der Waals surface area contributed by atoms with Crippen LogP contribution < -0.4 is 15.8 Å². The van der Waals surface area contributed by atoms with Gasteiger partial charge < -0.3 is 24.4 Å². The predicted octanol–water partition coefficient (Wildman–Crippen LogP) is 2.62. The average molecular weight is 534 g/mol. The van der Waals surface area contributed by atoms with Crippen molar-refractivity contribution in [2.45, 2.75) is 50.7 Å². The summed E-state index contributed by atoms with van der Waals surface area (Å²) >= 11 is 0. The molecule has 0 spiro atoms. The number of nitrogens with one attached hydrogen (secondary N) is 1. The van der Waals surface area contributed by atoms with Crippen molar-refractivity contribution in [1.29, 1.82) is 0 Å². The Kier molecular flexibility index (Phi) is 6.86. The molecule has 10 nitrogen and oxygen atoms in total. The summed E-state index contributed by atoms with van der Waals surface area (Å²) in [6.07, 6.45) is 3.25. The number of aromatic nitrogens is 3. The number of anilines is 2. The van der Waals surface area contributed by atoms with Crippen molar-refractivity contribution in [1.82, 2.24) is 14.5 Å². The zero-order valence-electron chi connectivity index (χ0n) is 22.7. The fraction of sp³-hybridized carbons (Fsp3) is 0.517. The summed E-state index contributed by atoms with van der Waals surface area (Å²) in [4.78, 5) is 38.1. The molecule has 206 valence electrons. The molecule has 0 unspecified atom stereocenters. The van der Waals surface area contributed by atoms with Crippen molar-refractivity contribution < 1.29 is 19.0 Å². The minimum atomic E-state index is -0.645. The molecule has 0 aliphatic carbocycles. The second-order valence-corrected chi connectivity index (χ2v) is 11.2. The number of hydrogen-bond acceptors (Lipinski definition) is 8. The SMILES string of the molecule is COC[C@H]1CN(c2ccc3c(=O)n(CCc4cnc5c(c4)NC(=O)C5(C)C)c([C@H]4CCOC4)nc3c2)CCO1. The van der Waals surface area contributed by atoms with Gasteiger partial charge in [0.1, 0.15) is 5.82 Å². The van der Waals surface area contributed by atoms with Crippen molar-refractivity contribution in [3.05, 3.63) is 57.9 Å². The maximum atomic E-state index is 13.8. The Morgan fingerprint density at radius 1 is 1.21 bits per heavy atom. The molecule has 0 saturated carbocycles. The van der Waals surface area contributed by atoms with E-state index in [0.717, 1.165) is 48.0 Å². The Morgan fingerprint density at radius 3 is 2.87 bits per heavy atom. The molecule has 1 aromatic carbocycles. The van der Waals surface area contributed by atoms with Crippen LogP contribution in [-0.4, -0.2) is 73.2 Å². The zero-order chi connectivity index (χ0) is 27.1. The van der Waals surface area contributed by atoms with Gasteiger partial charge in [0, 0.05) is 51.2 Å². The van der Waals surface area contributed by atoms with E-state index in [4.69, 9.17) is 19.2 Å². The number of morpholine rings is 1. The molecule has 2 fully saturated rings. The number of pyridine rings is 1. The third kappa shape index (κ3) is 4.81. The predicted molar refractivity (Wildman–Crippen MR) is 148 cm³/mol. The van der Waals surface area contributed by atoms with Crippen molar-refractivity contribution in [2.75, 3.05) is 56.8 Å². The first-order valence-electron chi connectivity index (χ1n) is 13.6. The molecular formula is C29H35N5O5. The van der Waals surface area contributed by atoms with Crippen molar-refractivity contribution >= 4 is 28.2 Å². The molecule has 2 saturated heterocycles. The summed E-state index contributed by atoms with van der Waals surface area (Å²) in [7, 11) is 1.68. The molecule has 3 aliphatic heterocycles. The quantitative estimate of drug-likeness (QED) is 0.494. The number of amides is 1. The third-order valence-electron chi connectivity index (χ3n) is 8.10. The highest BCUT2D eigenvalue weighted by Gasteiger charge is 2.39. The smallest absolute Gasteiger partial charge is 0.261 e. The number of aryl methyl sites for hydroxylation is 1. The van der Waals surface area contributed by atoms with Gasteiger partial charge in [-0.1, -0.05) is 0 Å². The number of carbonyl (C=O) groups excluding carboxylic acids is 1. The molecule has 10 heteroatoms. The fourth-order valence-corrected chi connectivity index (χ4v) is 5.79. The number of nitrogens with zero attached hydrogens (tertiary/aromatic N) is 4. The van der Waals surface area contributed by atoms with E-state index in [9.17, 15) is 9.59 Å². The minimum Gasteiger partial charge on any atom is -0.382 e. The lowest BCUT2D eigenvalue weighted by atomic mass is 9.90. The van der Waals surface area contributed by atoms with Gasteiger partial charge in [0.15, 0.2) is 0 Å². The van der Waals surface area contributed by atoms with Gasteiger partial charge in [0.25, 0.3) is 5.56 Å². The second-order valence-electron chi connectivity index (χ2n) is 11.2. The highest BCUT2D eigenvalue weighted by atomic mass is 16.5. The Hall–Kier alpha value is -3.34. The number of ether oxygens (including phenoxy) is 3. The van der Waals surface area contributed by atoms with Gasteiger partial charge in [-0.3, -0.25) is 19.1 Å². The molecule has 0 radical (unpaired) electrons.